The van der Waals surface area contributed by atoms with Gasteiger partial charge in [-0.25, -0.2) is 14.8 Å². The van der Waals surface area contributed by atoms with E-state index in [0.29, 0.717) is 22.2 Å². The first kappa shape index (κ1) is 22.1. The van der Waals surface area contributed by atoms with Crippen LogP contribution in [0.2, 0.25) is 0 Å². The van der Waals surface area contributed by atoms with Gasteiger partial charge in [0, 0.05) is 36.3 Å². The van der Waals surface area contributed by atoms with Crippen LogP contribution >= 0.6 is 0 Å². The predicted molar refractivity (Wildman–Crippen MR) is 111 cm³/mol. The molecule has 9 nitrogen and oxygen atoms in total. The average Bonchev–Trinajstić information content (AvgIpc) is 3.17. The third kappa shape index (κ3) is 4.73. The SMILES string of the molecule is NC(=O)c1ccc(NC2CN(C(=O)O)CC2c2ccc(OC(F)(F)F)cc2)c2cncnc12. The molecule has 0 bridgehead atoms. The number of nitrogens with two attached hydrogens (primary N) is 1. The highest BCUT2D eigenvalue weighted by Crippen LogP contribution is 2.34. The Balaban J connectivity index is 1.65. The largest absolute Gasteiger partial charge is 0.573 e. The number of hydrogen-bond donors (Lipinski definition) is 3. The van der Waals surface area contributed by atoms with E-state index in [0.717, 1.165) is 0 Å². The smallest absolute Gasteiger partial charge is 0.465 e. The van der Waals surface area contributed by atoms with Gasteiger partial charge in [0.05, 0.1) is 17.1 Å². The number of alkyl halides is 3. The molecule has 3 aromatic rings. The molecule has 12 heteroatoms. The highest BCUT2D eigenvalue weighted by Gasteiger charge is 2.37. The topological polar surface area (TPSA) is 131 Å². The van der Waals surface area contributed by atoms with Crippen LogP contribution < -0.4 is 15.8 Å². The van der Waals surface area contributed by atoms with Crippen LogP contribution in [0.4, 0.5) is 23.7 Å². The van der Waals surface area contributed by atoms with Crippen LogP contribution in [-0.4, -0.2) is 57.5 Å². The maximum atomic E-state index is 12.4. The number of nitrogens with zero attached hydrogens (tertiary/aromatic N) is 3. The highest BCUT2D eigenvalue weighted by atomic mass is 19.4. The number of fused-ring (bicyclic) bond motifs is 1. The average molecular weight is 461 g/mol. The molecule has 2 heterocycles. The van der Waals surface area contributed by atoms with Crippen LogP contribution in [-0.2, 0) is 0 Å². The predicted octanol–water partition coefficient (Wildman–Crippen LogP) is 3.19. The third-order valence-electron chi connectivity index (χ3n) is 5.41. The number of hydrogen-bond acceptors (Lipinski definition) is 6. The molecule has 1 aliphatic heterocycles. The summed E-state index contributed by atoms with van der Waals surface area (Å²) in [6.07, 6.45) is -3.12. The maximum Gasteiger partial charge on any atom is 0.573 e. The summed E-state index contributed by atoms with van der Waals surface area (Å²) in [6, 6.07) is 8.06. The zero-order valence-electron chi connectivity index (χ0n) is 16.9. The van der Waals surface area contributed by atoms with E-state index < -0.39 is 24.4 Å². The fourth-order valence-electron chi connectivity index (χ4n) is 3.96. The lowest BCUT2D eigenvalue weighted by Crippen LogP contribution is -2.30. The van der Waals surface area contributed by atoms with Crippen molar-refractivity contribution in [3.05, 3.63) is 60.0 Å². The van der Waals surface area contributed by atoms with E-state index in [1.807, 2.05) is 0 Å². The molecule has 4 N–H and O–H groups in total. The first-order valence-electron chi connectivity index (χ1n) is 9.75. The number of nitrogens with one attached hydrogen (secondary N) is 1. The number of amides is 2. The standard InChI is InChI=1S/C21H18F3N5O4/c22-21(23,24)33-12-3-1-11(2-4-12)15-8-29(20(31)32)9-17(15)28-16-6-5-13(19(25)30)18-14(16)7-26-10-27-18/h1-7,10,15,17,28H,8-9H2,(H2,25,30)(H,31,32). The van der Waals surface area contributed by atoms with Gasteiger partial charge in [-0.05, 0) is 29.8 Å². The molecule has 2 amide bonds. The summed E-state index contributed by atoms with van der Waals surface area (Å²) >= 11 is 0. The van der Waals surface area contributed by atoms with Gasteiger partial charge in [0.1, 0.15) is 12.1 Å². The van der Waals surface area contributed by atoms with Crippen molar-refractivity contribution >= 4 is 28.6 Å². The molecule has 1 saturated heterocycles. The van der Waals surface area contributed by atoms with Crippen LogP contribution in [0.1, 0.15) is 21.8 Å². The van der Waals surface area contributed by atoms with E-state index in [9.17, 15) is 27.9 Å². The van der Waals surface area contributed by atoms with Gasteiger partial charge in [-0.15, -0.1) is 13.2 Å². The lowest BCUT2D eigenvalue weighted by molar-refractivity contribution is -0.274. The molecule has 2 unspecified atom stereocenters. The Morgan fingerprint density at radius 3 is 2.52 bits per heavy atom. The van der Waals surface area contributed by atoms with Crippen molar-refractivity contribution in [3.8, 4) is 5.75 Å². The Labute approximate surface area is 185 Å². The minimum absolute atomic E-state index is 0.132. The number of anilines is 1. The number of likely N-dealkylation sites (tertiary alicyclic amines) is 1. The van der Waals surface area contributed by atoms with Gasteiger partial charge in [-0.1, -0.05) is 12.1 Å². The zero-order valence-corrected chi connectivity index (χ0v) is 16.9. The number of carboxylic acid groups (broad SMARTS) is 1. The van der Waals surface area contributed by atoms with Crippen molar-refractivity contribution in [2.45, 2.75) is 18.3 Å². The monoisotopic (exact) mass is 461 g/mol. The summed E-state index contributed by atoms with van der Waals surface area (Å²) in [5.41, 5.74) is 7.19. The number of benzene rings is 2. The molecule has 0 spiro atoms. The second-order valence-electron chi connectivity index (χ2n) is 7.47. The van der Waals surface area contributed by atoms with Gasteiger partial charge in [0.15, 0.2) is 0 Å². The molecular formula is C21H18F3N5O4. The Morgan fingerprint density at radius 1 is 1.15 bits per heavy atom. The van der Waals surface area contributed by atoms with Crippen molar-refractivity contribution in [1.82, 2.24) is 14.9 Å². The fourth-order valence-corrected chi connectivity index (χ4v) is 3.96. The molecule has 2 atom stereocenters. The van der Waals surface area contributed by atoms with Gasteiger partial charge >= 0.3 is 12.5 Å². The van der Waals surface area contributed by atoms with E-state index >= 15 is 0 Å². The van der Waals surface area contributed by atoms with E-state index in [4.69, 9.17) is 5.73 Å². The molecule has 33 heavy (non-hydrogen) atoms. The lowest BCUT2D eigenvalue weighted by atomic mass is 9.93. The van der Waals surface area contributed by atoms with Crippen LogP contribution in [0, 0.1) is 0 Å². The van der Waals surface area contributed by atoms with Crippen molar-refractivity contribution < 1.29 is 32.6 Å². The van der Waals surface area contributed by atoms with Crippen molar-refractivity contribution in [3.63, 3.8) is 0 Å². The van der Waals surface area contributed by atoms with Crippen LogP contribution in [0.5, 0.6) is 5.75 Å². The molecule has 0 radical (unpaired) electrons. The van der Waals surface area contributed by atoms with Gasteiger partial charge in [0.2, 0.25) is 0 Å². The van der Waals surface area contributed by atoms with Crippen molar-refractivity contribution in [2.24, 2.45) is 5.73 Å². The Kier molecular flexibility index (Phi) is 5.66. The number of primary amides is 1. The summed E-state index contributed by atoms with van der Waals surface area (Å²) < 4.78 is 41.3. The number of rotatable bonds is 5. The summed E-state index contributed by atoms with van der Waals surface area (Å²) in [7, 11) is 0. The summed E-state index contributed by atoms with van der Waals surface area (Å²) in [6.45, 7) is 0.272. The van der Waals surface area contributed by atoms with Crippen LogP contribution in [0.15, 0.2) is 48.9 Å². The van der Waals surface area contributed by atoms with Gasteiger partial charge in [-0.2, -0.15) is 0 Å². The van der Waals surface area contributed by atoms with E-state index in [2.05, 4.69) is 20.0 Å². The maximum absolute atomic E-state index is 12.4. The number of carbonyl (C=O) groups excluding carboxylic acids is 1. The Bertz CT molecular complexity index is 1200. The molecule has 1 fully saturated rings. The highest BCUT2D eigenvalue weighted by molar-refractivity contribution is 6.07. The van der Waals surface area contributed by atoms with Crippen molar-refractivity contribution in [2.75, 3.05) is 18.4 Å². The summed E-state index contributed by atoms with van der Waals surface area (Å²) in [5.74, 6) is -1.38. The second kappa shape index (κ2) is 8.45. The Hall–Kier alpha value is -4.09. The van der Waals surface area contributed by atoms with E-state index in [1.54, 1.807) is 6.07 Å². The van der Waals surface area contributed by atoms with Gasteiger partial charge in [-0.3, -0.25) is 4.79 Å². The summed E-state index contributed by atoms with van der Waals surface area (Å²) in [4.78, 5) is 32.7. The molecule has 1 aromatic heterocycles. The normalized spacial score (nSPS) is 18.3. The zero-order chi connectivity index (χ0) is 23.8. The molecule has 172 valence electrons. The molecule has 4 rings (SSSR count). The number of carbonyl (C=O) groups is 2. The molecule has 2 aromatic carbocycles. The number of halogens is 3. The minimum atomic E-state index is -4.81. The first-order chi connectivity index (χ1) is 15.6. The number of aromatic nitrogens is 2. The second-order valence-corrected chi connectivity index (χ2v) is 7.47. The van der Waals surface area contributed by atoms with Gasteiger partial charge in [0.25, 0.3) is 5.91 Å². The van der Waals surface area contributed by atoms with Crippen LogP contribution in [0.3, 0.4) is 0 Å². The van der Waals surface area contributed by atoms with Crippen LogP contribution in [0.25, 0.3) is 10.9 Å². The fraction of sp³-hybridized carbons (Fsp3) is 0.238. The summed E-state index contributed by atoms with van der Waals surface area (Å²) in [5, 5.41) is 13.3. The van der Waals surface area contributed by atoms with E-state index in [1.165, 1.54) is 47.8 Å². The Morgan fingerprint density at radius 2 is 1.88 bits per heavy atom. The molecule has 0 aliphatic carbocycles. The first-order valence-corrected chi connectivity index (χ1v) is 9.75. The molecule has 1 aliphatic rings. The lowest BCUT2D eigenvalue weighted by Gasteiger charge is -2.22. The van der Waals surface area contributed by atoms with Crippen molar-refractivity contribution in [1.29, 1.82) is 0 Å². The quantitative estimate of drug-likeness (QED) is 0.532. The van der Waals surface area contributed by atoms with Gasteiger partial charge < -0.3 is 25.8 Å². The molecule has 0 saturated carbocycles. The minimum Gasteiger partial charge on any atom is -0.465 e. The number of ether oxygens (including phenoxy) is 1. The molecular weight excluding hydrogens is 443 g/mol. The van der Waals surface area contributed by atoms with E-state index in [-0.39, 0.29) is 30.3 Å². The third-order valence-corrected chi connectivity index (χ3v) is 5.41.